The van der Waals surface area contributed by atoms with Crippen LogP contribution in [0.15, 0.2) is 36.4 Å². The molecule has 0 N–H and O–H groups in total. The third-order valence-electron chi connectivity index (χ3n) is 6.59. The van der Waals surface area contributed by atoms with Crippen LogP contribution in [-0.2, 0) is 0 Å². The molecule has 1 heterocycles. The second-order valence-corrected chi connectivity index (χ2v) is 13.0. The molecule has 0 amide bonds. The molecule has 0 radical (unpaired) electrons. The predicted molar refractivity (Wildman–Crippen MR) is 124 cm³/mol. The number of benzene rings is 2. The van der Waals surface area contributed by atoms with Crippen molar-refractivity contribution in [2.75, 3.05) is 0 Å². The maximum absolute atomic E-state index is 2.57. The second kappa shape index (κ2) is 9.23. The summed E-state index contributed by atoms with van der Waals surface area (Å²) < 4.78 is 0. The average Bonchev–Trinajstić information content (AvgIpc) is 2.92. The van der Waals surface area contributed by atoms with Crippen molar-refractivity contribution >= 4 is 18.4 Å². The van der Waals surface area contributed by atoms with Crippen molar-refractivity contribution in [2.45, 2.75) is 91.1 Å². The minimum atomic E-state index is -1.64. The van der Waals surface area contributed by atoms with Gasteiger partial charge in [-0.3, -0.25) is 0 Å². The third-order valence-corrected chi connectivity index (χ3v) is 11.9. The van der Waals surface area contributed by atoms with Crippen LogP contribution in [0.3, 0.4) is 0 Å². The summed E-state index contributed by atoms with van der Waals surface area (Å²) in [6.45, 7) is 9.21. The molecule has 1 aliphatic rings. The van der Waals surface area contributed by atoms with Crippen molar-refractivity contribution < 1.29 is 0 Å². The minimum absolute atomic E-state index is 1.33. The SMILES string of the molecule is CCCCCC[Si]1(CCCCCC)c2cc(C)ccc2-c2ccc(C)cc21. The van der Waals surface area contributed by atoms with Crippen LogP contribution in [0.4, 0.5) is 0 Å². The minimum Gasteiger partial charge on any atom is -0.0654 e. The first-order chi connectivity index (χ1) is 13.1. The molecular formula is C26H38Si. The lowest BCUT2D eigenvalue weighted by atomic mass is 10.0. The van der Waals surface area contributed by atoms with E-state index < -0.39 is 8.07 Å². The Hall–Kier alpha value is -1.34. The molecule has 0 unspecified atom stereocenters. The molecule has 0 saturated carbocycles. The van der Waals surface area contributed by atoms with Gasteiger partial charge in [-0.15, -0.1) is 0 Å². The Morgan fingerprint density at radius 1 is 0.593 bits per heavy atom. The van der Waals surface area contributed by atoms with Gasteiger partial charge in [-0.25, -0.2) is 0 Å². The summed E-state index contributed by atoms with van der Waals surface area (Å²) in [6.07, 6.45) is 11.1. The zero-order valence-corrected chi connectivity index (χ0v) is 19.0. The molecule has 3 rings (SSSR count). The molecule has 146 valence electrons. The van der Waals surface area contributed by atoms with Crippen molar-refractivity contribution in [3.05, 3.63) is 47.5 Å². The molecule has 0 aromatic heterocycles. The third kappa shape index (κ3) is 4.24. The summed E-state index contributed by atoms with van der Waals surface area (Å²) in [6, 6.07) is 17.5. The van der Waals surface area contributed by atoms with E-state index in [4.69, 9.17) is 0 Å². The number of unbranched alkanes of at least 4 members (excludes halogenated alkanes) is 6. The highest BCUT2D eigenvalue weighted by molar-refractivity contribution is 7.05. The zero-order chi connectivity index (χ0) is 19.3. The molecular weight excluding hydrogens is 340 g/mol. The smallest absolute Gasteiger partial charge is 0.0654 e. The zero-order valence-electron chi connectivity index (χ0n) is 18.0. The van der Waals surface area contributed by atoms with E-state index in [1.807, 2.05) is 0 Å². The fourth-order valence-electron chi connectivity index (χ4n) is 5.09. The van der Waals surface area contributed by atoms with Gasteiger partial charge in [-0.1, -0.05) is 113 Å². The van der Waals surface area contributed by atoms with E-state index >= 15 is 0 Å². The first-order valence-corrected chi connectivity index (χ1v) is 13.8. The maximum Gasteiger partial charge on any atom is 0.119 e. The van der Waals surface area contributed by atoms with Gasteiger partial charge in [-0.05, 0) is 47.4 Å². The largest absolute Gasteiger partial charge is 0.119 e. The van der Waals surface area contributed by atoms with Crippen molar-refractivity contribution in [3.8, 4) is 11.1 Å². The molecule has 0 bridgehead atoms. The molecule has 1 aliphatic heterocycles. The van der Waals surface area contributed by atoms with Gasteiger partial charge in [0.2, 0.25) is 0 Å². The van der Waals surface area contributed by atoms with E-state index in [9.17, 15) is 0 Å². The van der Waals surface area contributed by atoms with E-state index in [2.05, 4.69) is 64.1 Å². The van der Waals surface area contributed by atoms with Crippen LogP contribution in [0, 0.1) is 13.8 Å². The lowest BCUT2D eigenvalue weighted by Crippen LogP contribution is -2.55. The topological polar surface area (TPSA) is 0 Å². The van der Waals surface area contributed by atoms with E-state index in [0.717, 1.165) is 0 Å². The Bertz CT molecular complexity index is 693. The molecule has 0 fully saturated rings. The Balaban J connectivity index is 2.03. The lowest BCUT2D eigenvalue weighted by Gasteiger charge is -2.31. The van der Waals surface area contributed by atoms with E-state index in [1.54, 1.807) is 21.5 Å². The van der Waals surface area contributed by atoms with E-state index in [0.29, 0.717) is 0 Å². The molecule has 0 atom stereocenters. The summed E-state index contributed by atoms with van der Waals surface area (Å²) in [4.78, 5) is 0. The number of hydrogen-bond acceptors (Lipinski definition) is 0. The van der Waals surface area contributed by atoms with E-state index in [1.165, 1.54) is 74.6 Å². The van der Waals surface area contributed by atoms with Gasteiger partial charge in [-0.2, -0.15) is 0 Å². The first-order valence-electron chi connectivity index (χ1n) is 11.3. The van der Waals surface area contributed by atoms with Crippen LogP contribution < -0.4 is 10.4 Å². The number of rotatable bonds is 10. The highest BCUT2D eigenvalue weighted by atomic mass is 28.3. The first kappa shape index (κ1) is 20.4. The fourth-order valence-corrected chi connectivity index (χ4v) is 10.9. The summed E-state index contributed by atoms with van der Waals surface area (Å²) in [5.74, 6) is 0. The van der Waals surface area contributed by atoms with Crippen molar-refractivity contribution in [1.82, 2.24) is 0 Å². The highest BCUT2D eigenvalue weighted by Crippen LogP contribution is 2.36. The van der Waals surface area contributed by atoms with Gasteiger partial charge in [0.15, 0.2) is 0 Å². The monoisotopic (exact) mass is 378 g/mol. The van der Waals surface area contributed by atoms with Crippen LogP contribution in [0.5, 0.6) is 0 Å². The molecule has 0 spiro atoms. The number of fused-ring (bicyclic) bond motifs is 3. The number of aryl methyl sites for hydroxylation is 2. The van der Waals surface area contributed by atoms with Gasteiger partial charge in [0, 0.05) is 0 Å². The lowest BCUT2D eigenvalue weighted by molar-refractivity contribution is 0.684. The molecule has 0 aliphatic carbocycles. The van der Waals surface area contributed by atoms with Crippen LogP contribution >= 0.6 is 0 Å². The Labute approximate surface area is 168 Å². The highest BCUT2D eigenvalue weighted by Gasteiger charge is 2.44. The van der Waals surface area contributed by atoms with Crippen molar-refractivity contribution in [1.29, 1.82) is 0 Å². The fraction of sp³-hybridized carbons (Fsp3) is 0.538. The Kier molecular flexibility index (Phi) is 6.97. The molecule has 1 heteroatoms. The van der Waals surface area contributed by atoms with E-state index in [-0.39, 0.29) is 0 Å². The summed E-state index contributed by atoms with van der Waals surface area (Å²) >= 11 is 0. The summed E-state index contributed by atoms with van der Waals surface area (Å²) in [7, 11) is -1.64. The normalized spacial score (nSPS) is 14.2. The summed E-state index contributed by atoms with van der Waals surface area (Å²) in [5.41, 5.74) is 6.01. The average molecular weight is 379 g/mol. The van der Waals surface area contributed by atoms with Crippen LogP contribution in [0.2, 0.25) is 12.1 Å². The van der Waals surface area contributed by atoms with Gasteiger partial charge < -0.3 is 0 Å². The molecule has 2 aromatic rings. The van der Waals surface area contributed by atoms with Gasteiger partial charge >= 0.3 is 0 Å². The molecule has 2 aromatic carbocycles. The molecule has 0 saturated heterocycles. The summed E-state index contributed by atoms with van der Waals surface area (Å²) in [5, 5.41) is 3.52. The van der Waals surface area contributed by atoms with Crippen LogP contribution in [0.25, 0.3) is 11.1 Å². The van der Waals surface area contributed by atoms with Crippen molar-refractivity contribution in [3.63, 3.8) is 0 Å². The van der Waals surface area contributed by atoms with Crippen LogP contribution in [-0.4, -0.2) is 8.07 Å². The quantitative estimate of drug-likeness (QED) is 0.308. The maximum atomic E-state index is 2.57. The Morgan fingerprint density at radius 2 is 1.04 bits per heavy atom. The van der Waals surface area contributed by atoms with Gasteiger partial charge in [0.25, 0.3) is 0 Å². The standard InChI is InChI=1S/C26H38Si/c1-5-7-9-11-17-27(18-12-10-8-6-2)25-19-21(3)13-15-23(25)24-16-14-22(4)20-26(24)27/h13-16,19-20H,5-12,17-18H2,1-4H3. The molecule has 27 heavy (non-hydrogen) atoms. The second-order valence-electron chi connectivity index (χ2n) is 8.80. The van der Waals surface area contributed by atoms with Gasteiger partial charge in [0.05, 0.1) is 0 Å². The molecule has 0 nitrogen and oxygen atoms in total. The van der Waals surface area contributed by atoms with Gasteiger partial charge in [0.1, 0.15) is 8.07 Å². The number of hydrogen-bond donors (Lipinski definition) is 0. The van der Waals surface area contributed by atoms with Crippen molar-refractivity contribution in [2.24, 2.45) is 0 Å². The van der Waals surface area contributed by atoms with Crippen LogP contribution in [0.1, 0.15) is 76.3 Å². The predicted octanol–water partition coefficient (Wildman–Crippen LogP) is 7.01. The Morgan fingerprint density at radius 3 is 1.44 bits per heavy atom.